The number of esters is 1. The second-order valence-corrected chi connectivity index (χ2v) is 5.48. The zero-order valence-corrected chi connectivity index (χ0v) is 14.3. The van der Waals surface area contributed by atoms with Gasteiger partial charge in [-0.15, -0.1) is 0 Å². The fraction of sp³-hybridized carbons (Fsp3) is 0.263. The Morgan fingerprint density at radius 2 is 1.75 bits per heavy atom. The van der Waals surface area contributed by atoms with Crippen LogP contribution in [0.3, 0.4) is 0 Å². The maximum Gasteiger partial charge on any atom is 0.338 e. The number of carbonyl (C=O) groups is 2. The van der Waals surface area contributed by atoms with Crippen LogP contribution in [0.25, 0.3) is 0 Å². The van der Waals surface area contributed by atoms with Gasteiger partial charge in [0.2, 0.25) is 0 Å². The Kier molecular flexibility index (Phi) is 5.58. The smallest absolute Gasteiger partial charge is 0.338 e. The number of hydrogen-bond donors (Lipinski definition) is 1. The molecule has 0 heterocycles. The van der Waals surface area contributed by atoms with Crippen molar-refractivity contribution in [3.05, 3.63) is 59.2 Å². The van der Waals surface area contributed by atoms with E-state index in [9.17, 15) is 9.59 Å². The Morgan fingerprint density at radius 1 is 1.04 bits per heavy atom. The molecule has 0 fully saturated rings. The quantitative estimate of drug-likeness (QED) is 0.854. The first-order valence-electron chi connectivity index (χ1n) is 7.65. The van der Waals surface area contributed by atoms with Gasteiger partial charge in [-0.25, -0.2) is 4.79 Å². The van der Waals surface area contributed by atoms with Crippen molar-refractivity contribution in [1.29, 1.82) is 0 Å². The van der Waals surface area contributed by atoms with Crippen molar-refractivity contribution in [2.75, 3.05) is 12.4 Å². The molecule has 126 valence electrons. The lowest BCUT2D eigenvalue weighted by molar-refractivity contribution is -0.122. The first kappa shape index (κ1) is 17.5. The maximum absolute atomic E-state index is 12.4. The molecule has 1 unspecified atom stereocenters. The first-order chi connectivity index (χ1) is 11.4. The fourth-order valence-corrected chi connectivity index (χ4v) is 2.27. The molecule has 0 spiro atoms. The van der Waals surface area contributed by atoms with Crippen LogP contribution >= 0.6 is 0 Å². The topological polar surface area (TPSA) is 64.6 Å². The summed E-state index contributed by atoms with van der Waals surface area (Å²) < 4.78 is 10.5. The summed E-state index contributed by atoms with van der Waals surface area (Å²) in [6.45, 7) is 5.36. The Morgan fingerprint density at radius 3 is 2.42 bits per heavy atom. The summed E-state index contributed by atoms with van der Waals surface area (Å²) in [5, 5.41) is 2.80. The Hall–Kier alpha value is -2.82. The maximum atomic E-state index is 12.4. The van der Waals surface area contributed by atoms with Crippen LogP contribution in [0.1, 0.15) is 28.4 Å². The van der Waals surface area contributed by atoms with Crippen LogP contribution in [-0.4, -0.2) is 25.1 Å². The number of amides is 1. The molecule has 2 rings (SSSR count). The molecule has 0 aromatic heterocycles. The molecule has 0 aliphatic heterocycles. The molecule has 0 aliphatic rings. The third-order valence-corrected chi connectivity index (χ3v) is 3.76. The third kappa shape index (κ3) is 3.93. The molecule has 0 saturated carbocycles. The van der Waals surface area contributed by atoms with Crippen LogP contribution in [0.5, 0.6) is 5.75 Å². The van der Waals surface area contributed by atoms with Crippen molar-refractivity contribution < 1.29 is 19.1 Å². The summed E-state index contributed by atoms with van der Waals surface area (Å²) in [4.78, 5) is 24.1. The number of anilines is 1. The highest BCUT2D eigenvalue weighted by Gasteiger charge is 2.18. The van der Waals surface area contributed by atoms with Gasteiger partial charge in [-0.3, -0.25) is 4.79 Å². The van der Waals surface area contributed by atoms with Gasteiger partial charge < -0.3 is 14.8 Å². The number of ether oxygens (including phenoxy) is 2. The van der Waals surface area contributed by atoms with E-state index < -0.39 is 12.1 Å². The zero-order chi connectivity index (χ0) is 17.7. The van der Waals surface area contributed by atoms with Crippen LogP contribution in [0.4, 0.5) is 5.69 Å². The van der Waals surface area contributed by atoms with E-state index in [0.29, 0.717) is 22.6 Å². The molecule has 2 aromatic rings. The first-order valence-corrected chi connectivity index (χ1v) is 7.65. The molecular formula is C19H21NO4. The van der Waals surface area contributed by atoms with Gasteiger partial charge in [0.1, 0.15) is 5.75 Å². The van der Waals surface area contributed by atoms with E-state index in [4.69, 9.17) is 9.47 Å². The van der Waals surface area contributed by atoms with Crippen LogP contribution < -0.4 is 10.1 Å². The number of hydrogen-bond acceptors (Lipinski definition) is 4. The summed E-state index contributed by atoms with van der Waals surface area (Å²) in [6, 6.07) is 12.6. The van der Waals surface area contributed by atoms with Crippen molar-refractivity contribution >= 4 is 17.6 Å². The highest BCUT2D eigenvalue weighted by molar-refractivity contribution is 5.98. The number of benzene rings is 2. The standard InChI is InChI=1S/C19H21NO4/c1-12-8-5-6-11-17(12)24-14(3)18(21)20-16-10-7-9-15(13(16)2)19(22)23-4/h5-11,14H,1-4H3,(H,20,21). The Labute approximate surface area is 141 Å². The summed E-state index contributed by atoms with van der Waals surface area (Å²) >= 11 is 0. The number of para-hydroxylation sites is 1. The largest absolute Gasteiger partial charge is 0.481 e. The lowest BCUT2D eigenvalue weighted by Gasteiger charge is -2.17. The average molecular weight is 327 g/mol. The van der Waals surface area contributed by atoms with Crippen molar-refractivity contribution in [3.63, 3.8) is 0 Å². The van der Waals surface area contributed by atoms with E-state index in [1.807, 2.05) is 31.2 Å². The van der Waals surface area contributed by atoms with Crippen LogP contribution in [0.2, 0.25) is 0 Å². The lowest BCUT2D eigenvalue weighted by atomic mass is 10.1. The van der Waals surface area contributed by atoms with Crippen molar-refractivity contribution in [1.82, 2.24) is 0 Å². The van der Waals surface area contributed by atoms with Crippen molar-refractivity contribution in [2.24, 2.45) is 0 Å². The number of aryl methyl sites for hydroxylation is 1. The molecule has 24 heavy (non-hydrogen) atoms. The molecule has 1 N–H and O–H groups in total. The van der Waals surface area contributed by atoms with Gasteiger partial charge in [0.15, 0.2) is 6.10 Å². The minimum Gasteiger partial charge on any atom is -0.481 e. The number of rotatable bonds is 5. The molecule has 0 aliphatic carbocycles. The fourth-order valence-electron chi connectivity index (χ4n) is 2.27. The summed E-state index contributed by atoms with van der Waals surface area (Å²) in [6.07, 6.45) is -0.674. The van der Waals surface area contributed by atoms with E-state index in [2.05, 4.69) is 5.32 Å². The van der Waals surface area contributed by atoms with Gasteiger partial charge in [-0.2, -0.15) is 0 Å². The summed E-state index contributed by atoms with van der Waals surface area (Å²) in [7, 11) is 1.32. The third-order valence-electron chi connectivity index (χ3n) is 3.76. The molecule has 0 saturated heterocycles. The number of nitrogens with one attached hydrogen (secondary N) is 1. The van der Waals surface area contributed by atoms with Gasteiger partial charge in [0, 0.05) is 5.69 Å². The SMILES string of the molecule is COC(=O)c1cccc(NC(=O)C(C)Oc2ccccc2C)c1C. The van der Waals surface area contributed by atoms with E-state index >= 15 is 0 Å². The predicted molar refractivity (Wildman–Crippen MR) is 92.4 cm³/mol. The molecule has 0 bridgehead atoms. The molecule has 1 amide bonds. The van der Waals surface area contributed by atoms with Gasteiger partial charge in [0.25, 0.3) is 5.91 Å². The second kappa shape index (κ2) is 7.64. The van der Waals surface area contributed by atoms with Gasteiger partial charge in [-0.1, -0.05) is 24.3 Å². The van der Waals surface area contributed by atoms with Crippen LogP contribution in [0.15, 0.2) is 42.5 Å². The molecule has 5 heteroatoms. The van der Waals surface area contributed by atoms with Crippen molar-refractivity contribution in [2.45, 2.75) is 26.9 Å². The Balaban J connectivity index is 2.12. The molecule has 0 radical (unpaired) electrons. The van der Waals surface area contributed by atoms with E-state index in [1.54, 1.807) is 32.0 Å². The number of carbonyl (C=O) groups excluding carboxylic acids is 2. The molecule has 5 nitrogen and oxygen atoms in total. The molecular weight excluding hydrogens is 306 g/mol. The summed E-state index contributed by atoms with van der Waals surface area (Å²) in [5.74, 6) is -0.0589. The van der Waals surface area contributed by atoms with E-state index in [-0.39, 0.29) is 5.91 Å². The Bertz CT molecular complexity index is 755. The highest BCUT2D eigenvalue weighted by Crippen LogP contribution is 2.21. The summed E-state index contributed by atoms with van der Waals surface area (Å²) in [5.41, 5.74) is 2.59. The van der Waals surface area contributed by atoms with E-state index in [0.717, 1.165) is 5.56 Å². The normalized spacial score (nSPS) is 11.5. The second-order valence-electron chi connectivity index (χ2n) is 5.48. The van der Waals surface area contributed by atoms with Gasteiger partial charge in [0.05, 0.1) is 12.7 Å². The van der Waals surface area contributed by atoms with E-state index in [1.165, 1.54) is 7.11 Å². The average Bonchev–Trinajstić information content (AvgIpc) is 2.58. The van der Waals surface area contributed by atoms with Crippen LogP contribution in [0, 0.1) is 13.8 Å². The van der Waals surface area contributed by atoms with Gasteiger partial charge in [-0.05, 0) is 50.1 Å². The predicted octanol–water partition coefficient (Wildman–Crippen LogP) is 3.50. The zero-order valence-electron chi connectivity index (χ0n) is 14.3. The molecule has 1 atom stereocenters. The number of methoxy groups -OCH3 is 1. The van der Waals surface area contributed by atoms with Crippen molar-refractivity contribution in [3.8, 4) is 5.75 Å². The monoisotopic (exact) mass is 327 g/mol. The minimum absolute atomic E-state index is 0.289. The lowest BCUT2D eigenvalue weighted by Crippen LogP contribution is -2.30. The minimum atomic E-state index is -0.674. The highest BCUT2D eigenvalue weighted by atomic mass is 16.5. The van der Waals surface area contributed by atoms with Gasteiger partial charge >= 0.3 is 5.97 Å². The van der Waals surface area contributed by atoms with Crippen LogP contribution in [-0.2, 0) is 9.53 Å². The molecule has 2 aromatic carbocycles.